The number of pyridine rings is 1. The summed E-state index contributed by atoms with van der Waals surface area (Å²) in [5.41, 5.74) is 0.979. The van der Waals surface area contributed by atoms with Crippen LogP contribution in [0.2, 0.25) is 0 Å². The van der Waals surface area contributed by atoms with Crippen molar-refractivity contribution in [2.75, 3.05) is 11.6 Å². The zero-order chi connectivity index (χ0) is 14.0. The van der Waals surface area contributed by atoms with Gasteiger partial charge in [0, 0.05) is 18.3 Å². The fraction of sp³-hybridized carbons (Fsp3) is 0.250. The minimum atomic E-state index is -1.08. The molecule has 0 aliphatic heterocycles. The van der Waals surface area contributed by atoms with Crippen molar-refractivity contribution in [1.29, 1.82) is 0 Å². The maximum atomic E-state index is 13.1. The molecule has 0 saturated carbocycles. The number of carbonyl (C=O) groups is 1. The van der Waals surface area contributed by atoms with E-state index in [0.29, 0.717) is 17.1 Å². The van der Waals surface area contributed by atoms with Gasteiger partial charge in [0.25, 0.3) is 0 Å². The van der Waals surface area contributed by atoms with Gasteiger partial charge in [-0.25, -0.2) is 23.9 Å². The van der Waals surface area contributed by atoms with Crippen LogP contribution < -0.4 is 5.01 Å². The van der Waals surface area contributed by atoms with Gasteiger partial charge in [0.05, 0.1) is 18.1 Å². The third-order valence-corrected chi connectivity index (χ3v) is 2.64. The first-order valence-corrected chi connectivity index (χ1v) is 5.70. The molecular weight excluding hydrogens is 251 g/mol. The van der Waals surface area contributed by atoms with Crippen molar-refractivity contribution in [3.05, 3.63) is 36.3 Å². The molecule has 0 spiro atoms. The molecule has 0 aliphatic carbocycles. The molecule has 2 heterocycles. The van der Waals surface area contributed by atoms with Gasteiger partial charge in [0.15, 0.2) is 0 Å². The topological polar surface area (TPSA) is 71.2 Å². The fourth-order valence-electron chi connectivity index (χ4n) is 1.78. The number of hydrogen-bond donors (Lipinski definition) is 1. The summed E-state index contributed by atoms with van der Waals surface area (Å²) in [5, 5.41) is 10.2. The molecule has 0 radical (unpaired) electrons. The molecular formula is C12H13FN4O2. The highest BCUT2D eigenvalue weighted by molar-refractivity contribution is 5.76. The van der Waals surface area contributed by atoms with Crippen molar-refractivity contribution in [2.45, 2.75) is 13.8 Å². The number of rotatable bonds is 3. The number of imidazole rings is 1. The number of nitrogens with zero attached hydrogens (tertiary/aromatic N) is 4. The van der Waals surface area contributed by atoms with Crippen LogP contribution in [0.1, 0.15) is 12.7 Å². The van der Waals surface area contributed by atoms with E-state index < -0.39 is 11.9 Å². The lowest BCUT2D eigenvalue weighted by Gasteiger charge is -2.18. The second-order valence-electron chi connectivity index (χ2n) is 3.91. The van der Waals surface area contributed by atoms with Gasteiger partial charge in [0.2, 0.25) is 0 Å². The quantitative estimate of drug-likeness (QED) is 0.920. The molecule has 7 heteroatoms. The number of aryl methyl sites for hydroxylation is 1. The maximum Gasteiger partial charge on any atom is 0.426 e. The van der Waals surface area contributed by atoms with Crippen LogP contribution in [0.4, 0.5) is 9.18 Å². The molecule has 0 atom stereocenters. The summed E-state index contributed by atoms with van der Waals surface area (Å²) in [4.78, 5) is 19.1. The molecule has 6 nitrogen and oxygen atoms in total. The minimum absolute atomic E-state index is 0.285. The van der Waals surface area contributed by atoms with E-state index in [2.05, 4.69) is 9.97 Å². The maximum absolute atomic E-state index is 13.1. The first-order valence-electron chi connectivity index (χ1n) is 5.70. The molecule has 19 heavy (non-hydrogen) atoms. The van der Waals surface area contributed by atoms with E-state index in [1.165, 1.54) is 16.9 Å². The monoisotopic (exact) mass is 264 g/mol. The Hall–Kier alpha value is -2.44. The minimum Gasteiger partial charge on any atom is -0.464 e. The Labute approximate surface area is 109 Å². The highest BCUT2D eigenvalue weighted by Gasteiger charge is 2.16. The smallest absolute Gasteiger partial charge is 0.426 e. The van der Waals surface area contributed by atoms with Gasteiger partial charge in [-0.15, -0.1) is 0 Å². The summed E-state index contributed by atoms with van der Waals surface area (Å²) in [6.07, 6.45) is 3.05. The summed E-state index contributed by atoms with van der Waals surface area (Å²) >= 11 is 0. The highest BCUT2D eigenvalue weighted by atomic mass is 19.1. The molecule has 2 aromatic rings. The van der Waals surface area contributed by atoms with Crippen LogP contribution in [0.5, 0.6) is 0 Å². The first kappa shape index (κ1) is 13.0. The summed E-state index contributed by atoms with van der Waals surface area (Å²) in [6.45, 7) is 3.69. The van der Waals surface area contributed by atoms with Crippen LogP contribution in [-0.2, 0) is 0 Å². The van der Waals surface area contributed by atoms with Crippen LogP contribution in [0.25, 0.3) is 11.3 Å². The molecule has 2 rings (SSSR count). The lowest BCUT2D eigenvalue weighted by atomic mass is 10.2. The van der Waals surface area contributed by atoms with E-state index >= 15 is 0 Å². The predicted octanol–water partition coefficient (Wildman–Crippen LogP) is 2.03. The molecule has 1 N–H and O–H groups in total. The Bertz CT molecular complexity index is 612. The molecule has 0 saturated heterocycles. The lowest BCUT2D eigenvalue weighted by Crippen LogP contribution is -2.39. The molecule has 0 unspecified atom stereocenters. The first-order chi connectivity index (χ1) is 9.02. The molecule has 0 aliphatic rings. The van der Waals surface area contributed by atoms with Gasteiger partial charge in [-0.1, -0.05) is 0 Å². The molecule has 1 amide bonds. The van der Waals surface area contributed by atoms with E-state index in [9.17, 15) is 9.18 Å². The molecule has 2 aromatic heterocycles. The van der Waals surface area contributed by atoms with Crippen molar-refractivity contribution in [3.63, 3.8) is 0 Å². The van der Waals surface area contributed by atoms with Crippen LogP contribution in [-0.4, -0.2) is 32.4 Å². The van der Waals surface area contributed by atoms with Gasteiger partial charge < -0.3 is 5.11 Å². The van der Waals surface area contributed by atoms with Crippen LogP contribution in [0, 0.1) is 12.7 Å². The number of halogens is 1. The van der Waals surface area contributed by atoms with Crippen molar-refractivity contribution in [2.24, 2.45) is 0 Å². The Morgan fingerprint density at radius 3 is 2.84 bits per heavy atom. The second-order valence-corrected chi connectivity index (χ2v) is 3.91. The lowest BCUT2D eigenvalue weighted by molar-refractivity contribution is 0.195. The van der Waals surface area contributed by atoms with Crippen molar-refractivity contribution >= 4 is 6.09 Å². The standard InChI is InChI=1S/C12H13FN4O2/c1-3-16(12(18)19)17-7-11(15-8(17)2)9-4-10(13)6-14-5-9/h4-7H,3H2,1-2H3,(H,18,19). The Balaban J connectivity index is 2.43. The average molecular weight is 264 g/mol. The molecule has 0 bridgehead atoms. The molecule has 0 aromatic carbocycles. The zero-order valence-electron chi connectivity index (χ0n) is 10.5. The predicted molar refractivity (Wildman–Crippen MR) is 66.9 cm³/mol. The summed E-state index contributed by atoms with van der Waals surface area (Å²) < 4.78 is 14.5. The van der Waals surface area contributed by atoms with Gasteiger partial charge in [0.1, 0.15) is 11.6 Å². The van der Waals surface area contributed by atoms with E-state index in [0.717, 1.165) is 11.2 Å². The normalized spacial score (nSPS) is 10.5. The van der Waals surface area contributed by atoms with Crippen molar-refractivity contribution in [1.82, 2.24) is 14.6 Å². The third-order valence-electron chi connectivity index (χ3n) is 2.64. The Morgan fingerprint density at radius 1 is 1.53 bits per heavy atom. The number of amides is 1. The zero-order valence-corrected chi connectivity index (χ0v) is 10.5. The Kier molecular flexibility index (Phi) is 3.46. The van der Waals surface area contributed by atoms with Crippen LogP contribution >= 0.6 is 0 Å². The van der Waals surface area contributed by atoms with E-state index in [1.807, 2.05) is 0 Å². The van der Waals surface area contributed by atoms with E-state index in [4.69, 9.17) is 5.11 Å². The fourth-order valence-corrected chi connectivity index (χ4v) is 1.78. The molecule has 100 valence electrons. The number of hydrogen-bond acceptors (Lipinski definition) is 3. The number of carboxylic acid groups (broad SMARTS) is 1. The molecule has 0 fully saturated rings. The second kappa shape index (κ2) is 5.05. The Morgan fingerprint density at radius 2 is 2.26 bits per heavy atom. The van der Waals surface area contributed by atoms with Gasteiger partial charge in [-0.05, 0) is 19.9 Å². The highest BCUT2D eigenvalue weighted by Crippen LogP contribution is 2.18. The van der Waals surface area contributed by atoms with Crippen molar-refractivity contribution in [3.8, 4) is 11.3 Å². The van der Waals surface area contributed by atoms with Crippen LogP contribution in [0.15, 0.2) is 24.7 Å². The average Bonchev–Trinajstić information content (AvgIpc) is 2.72. The number of aromatic nitrogens is 3. The van der Waals surface area contributed by atoms with Gasteiger partial charge >= 0.3 is 6.09 Å². The van der Waals surface area contributed by atoms with E-state index in [-0.39, 0.29) is 6.54 Å². The van der Waals surface area contributed by atoms with Crippen molar-refractivity contribution < 1.29 is 14.3 Å². The summed E-state index contributed by atoms with van der Waals surface area (Å²) in [6, 6.07) is 1.30. The summed E-state index contributed by atoms with van der Waals surface area (Å²) in [7, 11) is 0. The summed E-state index contributed by atoms with van der Waals surface area (Å²) in [5.74, 6) is 0.0406. The van der Waals surface area contributed by atoms with E-state index in [1.54, 1.807) is 20.0 Å². The largest absolute Gasteiger partial charge is 0.464 e. The third kappa shape index (κ3) is 2.54. The SMILES string of the molecule is CCN(C(=O)O)n1cc(-c2cncc(F)c2)nc1C. The van der Waals surface area contributed by atoms with Crippen LogP contribution in [0.3, 0.4) is 0 Å². The van der Waals surface area contributed by atoms with Gasteiger partial charge in [-0.3, -0.25) is 4.98 Å². The van der Waals surface area contributed by atoms with Gasteiger partial charge in [-0.2, -0.15) is 0 Å².